The van der Waals surface area contributed by atoms with E-state index in [0.29, 0.717) is 0 Å². The number of nitrogens with two attached hydrogens (primary N) is 1. The summed E-state index contributed by atoms with van der Waals surface area (Å²) in [4.78, 5) is 0. The predicted molar refractivity (Wildman–Crippen MR) is 49.7 cm³/mol. The molecule has 0 atom stereocenters. The van der Waals surface area contributed by atoms with Gasteiger partial charge in [-0.25, -0.2) is 12.2 Å². The van der Waals surface area contributed by atoms with Crippen LogP contribution < -0.4 is 5.73 Å². The quantitative estimate of drug-likeness (QED) is 0.500. The molecule has 1 rings (SSSR count). The van der Waals surface area contributed by atoms with Crippen LogP contribution in [-0.2, 0) is 0 Å². The second kappa shape index (κ2) is 10.2. The molecule has 0 amide bonds. The third kappa shape index (κ3) is 8.04. The zero-order valence-corrected chi connectivity index (χ0v) is 11.1. The van der Waals surface area contributed by atoms with Crippen molar-refractivity contribution in [2.24, 2.45) is 5.73 Å². The van der Waals surface area contributed by atoms with Crippen LogP contribution in [0.15, 0.2) is 18.2 Å². The van der Waals surface area contributed by atoms with Gasteiger partial charge in [0.05, 0.1) is 25.4 Å². The molecule has 0 spiro atoms. The number of hydrogen-bond donors (Lipinski definition) is 4. The molecule has 0 saturated heterocycles. The molecule has 0 aromatic carbocycles. The minimum atomic E-state index is -1.21. The second-order valence-corrected chi connectivity index (χ2v) is 2.84. The van der Waals surface area contributed by atoms with E-state index in [2.05, 4.69) is 12.2 Å². The number of rotatable bonds is 3. The molecule has 5 heteroatoms. The molecule has 4 nitrogen and oxygen atoms in total. The molecule has 1 aliphatic rings. The minimum absolute atomic E-state index is 0. The summed E-state index contributed by atoms with van der Waals surface area (Å²) in [5.41, 5.74) is 3.94. The van der Waals surface area contributed by atoms with Gasteiger partial charge in [-0.2, -0.15) is 6.08 Å². The Morgan fingerprint density at radius 1 is 1.21 bits per heavy atom. The largest absolute Gasteiger partial charge is 0.394 e. The van der Waals surface area contributed by atoms with Gasteiger partial charge in [-0.3, -0.25) is 6.08 Å². The molecule has 0 aliphatic heterocycles. The van der Waals surface area contributed by atoms with Crippen molar-refractivity contribution in [1.29, 1.82) is 0 Å². The van der Waals surface area contributed by atoms with E-state index < -0.39 is 25.4 Å². The fraction of sp³-hybridized carbons (Fsp3) is 0.556. The van der Waals surface area contributed by atoms with Crippen molar-refractivity contribution in [2.45, 2.75) is 12.0 Å². The average molecular weight is 326 g/mol. The van der Waals surface area contributed by atoms with Crippen LogP contribution in [0.2, 0.25) is 0 Å². The van der Waals surface area contributed by atoms with Gasteiger partial charge in [0, 0.05) is 41.7 Å². The molecule has 0 bridgehead atoms. The first kappa shape index (κ1) is 17.1. The van der Waals surface area contributed by atoms with Gasteiger partial charge in [-0.1, -0.05) is 0 Å². The van der Waals surface area contributed by atoms with Gasteiger partial charge in [-0.05, 0) is 0 Å². The fourth-order valence-electron chi connectivity index (χ4n) is 0.490. The van der Waals surface area contributed by atoms with Gasteiger partial charge in [0.1, 0.15) is 0 Å². The van der Waals surface area contributed by atoms with Gasteiger partial charge in [0.15, 0.2) is 0 Å². The maximum absolute atomic E-state index is 8.34. The SMILES string of the molecule is NC(CO)(CO)CO.[C-]1=CC=CC1.[Ce]. The van der Waals surface area contributed by atoms with E-state index in [-0.39, 0.29) is 41.7 Å². The molecule has 0 fully saturated rings. The standard InChI is InChI=1S/C5H5.C4H11NO3.Ce/c1-2-4-5-3-1;5-4(1-6,2-7)3-8;/h1-3H,4H2;6-8H,1-3,5H2;/q-1;;. The summed E-state index contributed by atoms with van der Waals surface area (Å²) in [6, 6.07) is 0. The molecular formula is C9H16CeNO3-. The van der Waals surface area contributed by atoms with Crippen LogP contribution in [0.4, 0.5) is 0 Å². The monoisotopic (exact) mass is 326 g/mol. The van der Waals surface area contributed by atoms with E-state index in [1.165, 1.54) is 0 Å². The molecular weight excluding hydrogens is 310 g/mol. The Morgan fingerprint density at radius 3 is 1.79 bits per heavy atom. The third-order valence-electron chi connectivity index (χ3n) is 1.53. The van der Waals surface area contributed by atoms with Crippen LogP contribution in [0.1, 0.15) is 6.42 Å². The van der Waals surface area contributed by atoms with Crippen molar-refractivity contribution in [3.63, 3.8) is 0 Å². The van der Waals surface area contributed by atoms with Crippen LogP contribution >= 0.6 is 0 Å². The van der Waals surface area contributed by atoms with E-state index in [4.69, 9.17) is 21.1 Å². The number of allylic oxidation sites excluding steroid dienone is 4. The maximum Gasteiger partial charge on any atom is 0.0856 e. The Morgan fingerprint density at radius 2 is 1.71 bits per heavy atom. The molecule has 0 saturated carbocycles. The summed E-state index contributed by atoms with van der Waals surface area (Å²) < 4.78 is 0. The molecule has 80 valence electrons. The van der Waals surface area contributed by atoms with Crippen LogP contribution in [0.3, 0.4) is 0 Å². The first-order valence-corrected chi connectivity index (χ1v) is 4.02. The van der Waals surface area contributed by atoms with Gasteiger partial charge in [0.25, 0.3) is 0 Å². The van der Waals surface area contributed by atoms with Crippen molar-refractivity contribution in [3.8, 4) is 0 Å². The molecule has 0 radical (unpaired) electrons. The Hall–Kier alpha value is 0.697. The first-order chi connectivity index (χ1) is 6.18. The van der Waals surface area contributed by atoms with E-state index in [0.717, 1.165) is 6.42 Å². The summed E-state index contributed by atoms with van der Waals surface area (Å²) in [5.74, 6) is 0. The Balaban J connectivity index is 0. The normalized spacial score (nSPS) is 13.1. The Bertz CT molecular complexity index is 161. The molecule has 0 unspecified atom stereocenters. The molecule has 1 aliphatic carbocycles. The Kier molecular flexibility index (Phi) is 12.5. The van der Waals surface area contributed by atoms with Gasteiger partial charge in [-0.15, -0.1) is 6.42 Å². The summed E-state index contributed by atoms with van der Waals surface area (Å²) in [6.45, 7) is -1.21. The van der Waals surface area contributed by atoms with E-state index in [1.54, 1.807) is 0 Å². The number of hydrogen-bond acceptors (Lipinski definition) is 4. The van der Waals surface area contributed by atoms with Crippen molar-refractivity contribution in [1.82, 2.24) is 0 Å². The van der Waals surface area contributed by atoms with Crippen LogP contribution in [-0.4, -0.2) is 40.7 Å². The third-order valence-corrected chi connectivity index (χ3v) is 1.53. The molecule has 0 aromatic heterocycles. The number of aliphatic hydroxyl groups excluding tert-OH is 3. The van der Waals surface area contributed by atoms with Gasteiger partial charge >= 0.3 is 0 Å². The van der Waals surface area contributed by atoms with E-state index >= 15 is 0 Å². The fourth-order valence-corrected chi connectivity index (χ4v) is 0.490. The molecule has 5 N–H and O–H groups in total. The predicted octanol–water partition coefficient (Wildman–Crippen LogP) is -1.03. The summed E-state index contributed by atoms with van der Waals surface area (Å²) in [5, 5.41) is 25.0. The van der Waals surface area contributed by atoms with E-state index in [9.17, 15) is 0 Å². The molecule has 0 heterocycles. The van der Waals surface area contributed by atoms with Crippen LogP contribution in [0.25, 0.3) is 0 Å². The van der Waals surface area contributed by atoms with Gasteiger partial charge in [0.2, 0.25) is 0 Å². The van der Waals surface area contributed by atoms with Crippen LogP contribution in [0.5, 0.6) is 0 Å². The molecule has 0 aromatic rings. The summed E-state index contributed by atoms with van der Waals surface area (Å²) in [7, 11) is 0. The first-order valence-electron chi connectivity index (χ1n) is 4.02. The van der Waals surface area contributed by atoms with Crippen molar-refractivity contribution >= 4 is 0 Å². The van der Waals surface area contributed by atoms with Gasteiger partial charge < -0.3 is 21.1 Å². The Labute approximate surface area is 118 Å². The van der Waals surface area contributed by atoms with Crippen LogP contribution in [0, 0.1) is 47.8 Å². The van der Waals surface area contributed by atoms with Crippen molar-refractivity contribution in [3.05, 3.63) is 24.3 Å². The topological polar surface area (TPSA) is 86.7 Å². The summed E-state index contributed by atoms with van der Waals surface area (Å²) in [6.07, 6.45) is 10.0. The zero-order chi connectivity index (χ0) is 10.2. The molecule has 14 heavy (non-hydrogen) atoms. The smallest absolute Gasteiger partial charge is 0.0856 e. The zero-order valence-electron chi connectivity index (χ0n) is 7.98. The maximum atomic E-state index is 8.34. The van der Waals surface area contributed by atoms with E-state index in [1.807, 2.05) is 12.2 Å². The van der Waals surface area contributed by atoms with Crippen molar-refractivity contribution in [2.75, 3.05) is 19.8 Å². The minimum Gasteiger partial charge on any atom is -0.394 e. The summed E-state index contributed by atoms with van der Waals surface area (Å²) >= 11 is 0. The van der Waals surface area contributed by atoms with Crippen molar-refractivity contribution < 1.29 is 57.1 Å². The average Bonchev–Trinajstić information content (AvgIpc) is 2.75. The second-order valence-electron chi connectivity index (χ2n) is 2.84. The number of aliphatic hydroxyl groups is 3.